The molecule has 0 spiro atoms. The fourth-order valence-corrected chi connectivity index (χ4v) is 6.60. The van der Waals surface area contributed by atoms with Crippen molar-refractivity contribution in [2.24, 2.45) is 5.92 Å². The molecule has 190 valence electrons. The van der Waals surface area contributed by atoms with E-state index < -0.39 is 5.97 Å². The zero-order chi connectivity index (χ0) is 26.8. The van der Waals surface area contributed by atoms with Gasteiger partial charge in [0.2, 0.25) is 0 Å². The Kier molecular flexibility index (Phi) is 7.42. The summed E-state index contributed by atoms with van der Waals surface area (Å²) in [5, 5.41) is 22.4. The van der Waals surface area contributed by atoms with Gasteiger partial charge in [-0.3, -0.25) is 8.77 Å². The van der Waals surface area contributed by atoms with Gasteiger partial charge in [-0.25, -0.2) is 0 Å². The van der Waals surface area contributed by atoms with Gasteiger partial charge in [-0.1, -0.05) is 67.9 Å². The smallest absolute Gasteiger partial charge is 0.307 e. The Hall–Kier alpha value is -3.79. The van der Waals surface area contributed by atoms with Gasteiger partial charge in [0, 0.05) is 27.0 Å². The van der Waals surface area contributed by atoms with Crippen LogP contribution in [-0.2, 0) is 4.79 Å². The van der Waals surface area contributed by atoms with E-state index in [9.17, 15) is 15.2 Å². The molecule has 1 aliphatic rings. The first-order valence-electron chi connectivity index (χ1n) is 12.7. The Morgan fingerprint density at radius 2 is 1.82 bits per heavy atom. The van der Waals surface area contributed by atoms with Crippen LogP contribution >= 0.6 is 23.3 Å². The second kappa shape index (κ2) is 10.9. The van der Waals surface area contributed by atoms with Gasteiger partial charge in [-0.05, 0) is 72.5 Å². The highest BCUT2D eigenvalue weighted by atomic mass is 32.2. The summed E-state index contributed by atoms with van der Waals surface area (Å²) >= 11 is 3.11. The van der Waals surface area contributed by atoms with E-state index in [-0.39, 0.29) is 11.8 Å². The Labute approximate surface area is 231 Å². The van der Waals surface area contributed by atoms with Gasteiger partial charge in [-0.15, -0.1) is 11.3 Å². The maximum Gasteiger partial charge on any atom is 0.307 e. The number of nitrogens with zero attached hydrogens (tertiary/aromatic N) is 2. The van der Waals surface area contributed by atoms with E-state index in [0.29, 0.717) is 11.3 Å². The van der Waals surface area contributed by atoms with Crippen LogP contribution in [0, 0.1) is 24.2 Å². The molecule has 6 heteroatoms. The zero-order valence-corrected chi connectivity index (χ0v) is 23.1. The predicted molar refractivity (Wildman–Crippen MR) is 158 cm³/mol. The van der Waals surface area contributed by atoms with E-state index in [0.717, 1.165) is 43.7 Å². The number of para-hydroxylation sites is 1. The second-order valence-electron chi connectivity index (χ2n) is 9.13. The van der Waals surface area contributed by atoms with Crippen molar-refractivity contribution in [3.8, 4) is 28.5 Å². The maximum absolute atomic E-state index is 11.5. The van der Waals surface area contributed by atoms with Crippen molar-refractivity contribution in [1.82, 2.24) is 3.97 Å². The summed E-state index contributed by atoms with van der Waals surface area (Å²) in [6.45, 7) is 6.08. The molecule has 1 aliphatic carbocycles. The van der Waals surface area contributed by atoms with Crippen molar-refractivity contribution in [2.75, 3.05) is 0 Å². The van der Waals surface area contributed by atoms with Gasteiger partial charge in [0.05, 0.1) is 17.1 Å². The van der Waals surface area contributed by atoms with Gasteiger partial charge in [-0.2, -0.15) is 5.26 Å². The van der Waals surface area contributed by atoms with Crippen molar-refractivity contribution in [3.05, 3.63) is 100 Å². The number of hydrogen-bond acceptors (Lipinski definition) is 4. The molecule has 5 aromatic rings. The monoisotopic (exact) mass is 536 g/mol. The molecule has 0 radical (unpaired) electrons. The van der Waals surface area contributed by atoms with E-state index in [2.05, 4.69) is 65.5 Å². The van der Waals surface area contributed by atoms with Crippen molar-refractivity contribution in [3.63, 3.8) is 0 Å². The molecule has 1 saturated carbocycles. The number of aliphatic carboxylic acids is 1. The fourth-order valence-electron chi connectivity index (χ4n) is 4.89. The molecule has 2 unspecified atom stereocenters. The van der Waals surface area contributed by atoms with Crippen LogP contribution in [0.15, 0.2) is 89.1 Å². The van der Waals surface area contributed by atoms with Crippen LogP contribution in [0.3, 0.4) is 0 Å². The lowest BCUT2D eigenvalue weighted by Crippen LogP contribution is -1.99. The molecule has 0 bridgehead atoms. The van der Waals surface area contributed by atoms with Crippen LogP contribution in [0.4, 0.5) is 0 Å². The summed E-state index contributed by atoms with van der Waals surface area (Å²) in [4.78, 5) is 13.3. The van der Waals surface area contributed by atoms with Gasteiger partial charge in [0.15, 0.2) is 0 Å². The van der Waals surface area contributed by atoms with E-state index in [1.54, 1.807) is 11.9 Å². The minimum absolute atomic E-state index is 0.0456. The summed E-state index contributed by atoms with van der Waals surface area (Å²) in [7, 11) is 0. The Morgan fingerprint density at radius 1 is 1.05 bits per heavy atom. The molecule has 2 heterocycles. The standard InChI is InChI=1S/C30H22N2O2S2.C2H6/c1-18-9-11-21(12-10-18)36-32-26-8-3-2-7-22(26)28(23-13-14-35-27(23)17-31)29(32)20-6-4-5-19(15-20)24-16-25(24)30(33)34;1-2/h2-15,24-25H,16H2,1H3,(H,33,34);1-2H3. The molecule has 0 aliphatic heterocycles. The number of hydrogen-bond donors (Lipinski definition) is 1. The molecule has 2 aromatic heterocycles. The molecular formula is C32H28N2O2S2. The van der Waals surface area contributed by atoms with Crippen LogP contribution in [0.2, 0.25) is 0 Å². The fraction of sp³-hybridized carbons (Fsp3) is 0.188. The molecule has 4 nitrogen and oxygen atoms in total. The molecule has 0 saturated heterocycles. The van der Waals surface area contributed by atoms with Crippen molar-refractivity contribution in [1.29, 1.82) is 5.26 Å². The average Bonchev–Trinajstić information content (AvgIpc) is 3.53. The number of fused-ring (bicyclic) bond motifs is 1. The quantitative estimate of drug-likeness (QED) is 0.235. The summed E-state index contributed by atoms with van der Waals surface area (Å²) in [5.74, 6) is -0.994. The van der Waals surface area contributed by atoms with Crippen LogP contribution in [0.5, 0.6) is 0 Å². The molecule has 6 rings (SSSR count). The summed E-state index contributed by atoms with van der Waals surface area (Å²) in [6, 6.07) is 29.5. The molecule has 3 aromatic carbocycles. The molecule has 1 fully saturated rings. The third-order valence-corrected chi connectivity index (χ3v) is 8.65. The van der Waals surface area contributed by atoms with E-state index in [1.165, 1.54) is 16.9 Å². The number of aromatic nitrogens is 1. The summed E-state index contributed by atoms with van der Waals surface area (Å²) in [5.41, 5.74) is 7.33. The number of carbonyl (C=O) groups is 1. The van der Waals surface area contributed by atoms with Crippen molar-refractivity contribution >= 4 is 40.2 Å². The van der Waals surface area contributed by atoms with E-state index in [1.807, 2.05) is 49.6 Å². The van der Waals surface area contributed by atoms with Crippen LogP contribution < -0.4 is 0 Å². The summed E-state index contributed by atoms with van der Waals surface area (Å²) < 4.78 is 2.26. The van der Waals surface area contributed by atoms with Gasteiger partial charge >= 0.3 is 5.97 Å². The Bertz CT molecular complexity index is 1660. The molecule has 1 N–H and O–H groups in total. The minimum atomic E-state index is -0.730. The lowest BCUT2D eigenvalue weighted by molar-refractivity contribution is -0.138. The predicted octanol–water partition coefficient (Wildman–Crippen LogP) is 8.99. The summed E-state index contributed by atoms with van der Waals surface area (Å²) in [6.07, 6.45) is 0.676. The van der Waals surface area contributed by atoms with Gasteiger partial charge in [0.25, 0.3) is 0 Å². The number of thiophene rings is 1. The highest BCUT2D eigenvalue weighted by Crippen LogP contribution is 2.50. The first-order valence-corrected chi connectivity index (χ1v) is 14.4. The van der Waals surface area contributed by atoms with E-state index in [4.69, 9.17) is 0 Å². The maximum atomic E-state index is 11.5. The minimum Gasteiger partial charge on any atom is -0.481 e. The Morgan fingerprint density at radius 3 is 2.53 bits per heavy atom. The van der Waals surface area contributed by atoms with E-state index >= 15 is 0 Å². The van der Waals surface area contributed by atoms with Crippen molar-refractivity contribution in [2.45, 2.75) is 38.0 Å². The number of carboxylic acids is 1. The first kappa shape index (κ1) is 25.8. The zero-order valence-electron chi connectivity index (χ0n) is 21.5. The van der Waals surface area contributed by atoms with Crippen molar-refractivity contribution < 1.29 is 9.90 Å². The molecule has 0 amide bonds. The lowest BCUT2D eigenvalue weighted by atomic mass is 9.97. The molecule has 2 atom stereocenters. The SMILES string of the molecule is CC.Cc1ccc(Sn2c(-c3cccc(C4CC4C(=O)O)c3)c(-c3ccsc3C#N)c3ccccc32)cc1. The topological polar surface area (TPSA) is 66.0 Å². The highest BCUT2D eigenvalue weighted by Gasteiger charge is 2.44. The number of aryl methyl sites for hydroxylation is 1. The normalized spacial score (nSPS) is 15.9. The number of carboxylic acid groups (broad SMARTS) is 1. The Balaban J connectivity index is 0.00000144. The third-order valence-electron chi connectivity index (χ3n) is 6.78. The number of benzene rings is 3. The van der Waals surface area contributed by atoms with Crippen LogP contribution in [0.25, 0.3) is 33.3 Å². The lowest BCUT2D eigenvalue weighted by Gasteiger charge is -2.13. The second-order valence-corrected chi connectivity index (χ2v) is 11.1. The molecular weight excluding hydrogens is 508 g/mol. The molecule has 38 heavy (non-hydrogen) atoms. The number of nitriles is 1. The van der Waals surface area contributed by atoms with Gasteiger partial charge in [0.1, 0.15) is 10.9 Å². The average molecular weight is 537 g/mol. The largest absolute Gasteiger partial charge is 0.481 e. The third kappa shape index (κ3) is 4.76. The van der Waals surface area contributed by atoms with Crippen LogP contribution in [-0.4, -0.2) is 15.0 Å². The first-order chi connectivity index (χ1) is 18.5. The highest BCUT2D eigenvalue weighted by molar-refractivity contribution is 7.98. The van der Waals surface area contributed by atoms with Gasteiger partial charge < -0.3 is 5.11 Å². The number of rotatable bonds is 6. The van der Waals surface area contributed by atoms with Crippen LogP contribution in [0.1, 0.15) is 42.2 Å².